The van der Waals surface area contributed by atoms with Crippen molar-refractivity contribution in [1.29, 1.82) is 0 Å². The van der Waals surface area contributed by atoms with Crippen LogP contribution in [0.1, 0.15) is 72.1 Å². The quantitative estimate of drug-likeness (QED) is 0.584. The summed E-state index contributed by atoms with van der Waals surface area (Å²) in [5.74, 6) is 2.84. The highest BCUT2D eigenvalue weighted by Gasteiger charge is 2.59. The molecule has 1 nitrogen and oxygen atoms in total. The van der Waals surface area contributed by atoms with E-state index in [0.717, 1.165) is 37.5 Å². The van der Waals surface area contributed by atoms with Crippen molar-refractivity contribution in [2.45, 2.75) is 78.3 Å². The molecule has 0 aromatic rings. The number of alkyl halides is 1. The first-order valence-electron chi connectivity index (χ1n) is 9.70. The van der Waals surface area contributed by atoms with Crippen molar-refractivity contribution in [1.82, 2.24) is 0 Å². The van der Waals surface area contributed by atoms with Gasteiger partial charge in [0.2, 0.25) is 0 Å². The predicted molar refractivity (Wildman–Crippen MR) is 90.8 cm³/mol. The molecule has 4 aliphatic carbocycles. The van der Waals surface area contributed by atoms with Crippen LogP contribution in [0.4, 0.5) is 4.39 Å². The monoisotopic (exact) mass is 318 g/mol. The number of hydrogen-bond acceptors (Lipinski definition) is 1. The van der Waals surface area contributed by atoms with Gasteiger partial charge in [0.1, 0.15) is 12.0 Å². The van der Waals surface area contributed by atoms with Crippen LogP contribution in [0.25, 0.3) is 0 Å². The Morgan fingerprint density at radius 1 is 1.13 bits per heavy atom. The number of carbonyl (C=O) groups excluding carboxylic acids is 1. The van der Waals surface area contributed by atoms with Crippen LogP contribution in [0.2, 0.25) is 0 Å². The van der Waals surface area contributed by atoms with Gasteiger partial charge < -0.3 is 0 Å². The lowest BCUT2D eigenvalue weighted by atomic mass is 9.47. The molecule has 4 aliphatic rings. The van der Waals surface area contributed by atoms with E-state index in [9.17, 15) is 9.18 Å². The van der Waals surface area contributed by atoms with Crippen molar-refractivity contribution < 1.29 is 9.18 Å². The molecule has 6 unspecified atom stereocenters. The average Bonchev–Trinajstić information content (AvgIpc) is 2.85. The molecule has 2 heteroatoms. The Bertz CT molecular complexity index is 552. The van der Waals surface area contributed by atoms with Gasteiger partial charge in [0.25, 0.3) is 0 Å². The van der Waals surface area contributed by atoms with Crippen LogP contribution in [-0.4, -0.2) is 12.0 Å². The van der Waals surface area contributed by atoms with Gasteiger partial charge in [-0.3, -0.25) is 4.79 Å². The lowest BCUT2D eigenvalue weighted by Gasteiger charge is -2.57. The fraction of sp³-hybridized carbons (Fsp3) is 0.857. The zero-order valence-electron chi connectivity index (χ0n) is 14.9. The Morgan fingerprint density at radius 3 is 2.65 bits per heavy atom. The highest BCUT2D eigenvalue weighted by Crippen LogP contribution is 2.66. The molecule has 0 amide bonds. The van der Waals surface area contributed by atoms with Gasteiger partial charge in [-0.25, -0.2) is 4.39 Å². The lowest BCUT2D eigenvalue weighted by molar-refractivity contribution is -0.127. The minimum Gasteiger partial charge on any atom is -0.300 e. The Hall–Kier alpha value is -0.660. The van der Waals surface area contributed by atoms with Crippen LogP contribution in [0.5, 0.6) is 0 Å². The highest BCUT2D eigenvalue weighted by atomic mass is 19.1. The molecule has 0 N–H and O–H groups in total. The van der Waals surface area contributed by atoms with Crippen LogP contribution >= 0.6 is 0 Å². The smallest absolute Gasteiger partial charge is 0.133 e. The van der Waals surface area contributed by atoms with E-state index < -0.39 is 6.17 Å². The number of fused-ring (bicyclic) bond motifs is 5. The van der Waals surface area contributed by atoms with E-state index >= 15 is 0 Å². The number of halogens is 1. The molecule has 0 aromatic carbocycles. The normalized spacial score (nSPS) is 52.2. The van der Waals surface area contributed by atoms with Crippen molar-refractivity contribution in [3.8, 4) is 0 Å². The highest BCUT2D eigenvalue weighted by molar-refractivity contribution is 5.79. The van der Waals surface area contributed by atoms with Crippen LogP contribution in [0.15, 0.2) is 11.6 Å². The largest absolute Gasteiger partial charge is 0.300 e. The summed E-state index contributed by atoms with van der Waals surface area (Å²) in [4.78, 5) is 12.1. The first-order valence-corrected chi connectivity index (χ1v) is 9.70. The molecular weight excluding hydrogens is 287 g/mol. The van der Waals surface area contributed by atoms with Gasteiger partial charge in [0.15, 0.2) is 0 Å². The Kier molecular flexibility index (Phi) is 3.56. The molecule has 0 bridgehead atoms. The third-order valence-corrected chi connectivity index (χ3v) is 8.53. The van der Waals surface area contributed by atoms with Gasteiger partial charge in [-0.1, -0.05) is 25.5 Å². The van der Waals surface area contributed by atoms with E-state index in [1.54, 1.807) is 6.92 Å². The summed E-state index contributed by atoms with van der Waals surface area (Å²) in [6.45, 7) is 6.61. The van der Waals surface area contributed by atoms with Gasteiger partial charge in [-0.2, -0.15) is 0 Å². The fourth-order valence-electron chi connectivity index (χ4n) is 7.28. The second-order valence-electron chi connectivity index (χ2n) is 9.38. The maximum absolute atomic E-state index is 13.9. The standard InChI is InChI=1S/C21H31FO/c1-13(23)17-6-7-18-16-5-4-14-12-15(22)8-10-20(14,2)19(16)9-11-21(17,18)3/h4,15-19H,5-12H2,1-3H3/t15?,16?,17?,18?,19?,20-,21?/m0/s1. The van der Waals surface area contributed by atoms with Gasteiger partial charge in [0.05, 0.1) is 0 Å². The molecule has 3 saturated carbocycles. The molecule has 23 heavy (non-hydrogen) atoms. The molecule has 0 aliphatic heterocycles. The van der Waals surface area contributed by atoms with Crippen molar-refractivity contribution >= 4 is 5.78 Å². The molecule has 0 radical (unpaired) electrons. The molecular formula is C21H31FO. The van der Waals surface area contributed by atoms with Crippen LogP contribution < -0.4 is 0 Å². The maximum atomic E-state index is 13.9. The molecule has 3 fully saturated rings. The number of rotatable bonds is 1. The number of Topliss-reactive ketones (excluding diaryl/α,β-unsaturated/α-hetero) is 1. The van der Waals surface area contributed by atoms with Gasteiger partial charge in [-0.05, 0) is 80.5 Å². The second-order valence-corrected chi connectivity index (χ2v) is 9.38. The molecule has 7 atom stereocenters. The molecule has 0 aromatic heterocycles. The Balaban J connectivity index is 1.66. The van der Waals surface area contributed by atoms with E-state index in [4.69, 9.17) is 0 Å². The van der Waals surface area contributed by atoms with Crippen LogP contribution in [0.3, 0.4) is 0 Å². The van der Waals surface area contributed by atoms with Crippen molar-refractivity contribution in [2.24, 2.45) is 34.5 Å². The summed E-state index contributed by atoms with van der Waals surface area (Å²) >= 11 is 0. The van der Waals surface area contributed by atoms with Crippen LogP contribution in [0, 0.1) is 34.5 Å². The Labute approximate surface area is 140 Å². The number of allylic oxidation sites excluding steroid dienone is 2. The number of hydrogen-bond donors (Lipinski definition) is 0. The van der Waals surface area contributed by atoms with Gasteiger partial charge in [-0.15, -0.1) is 0 Å². The molecule has 4 rings (SSSR count). The fourth-order valence-corrected chi connectivity index (χ4v) is 7.28. The zero-order chi connectivity index (χ0) is 16.4. The third kappa shape index (κ3) is 2.12. The summed E-state index contributed by atoms with van der Waals surface area (Å²) in [5.41, 5.74) is 1.88. The van der Waals surface area contributed by atoms with E-state index in [1.165, 1.54) is 24.8 Å². The predicted octanol–water partition coefficient (Wildman–Crippen LogP) is 5.49. The van der Waals surface area contributed by atoms with Crippen molar-refractivity contribution in [3.05, 3.63) is 11.6 Å². The van der Waals surface area contributed by atoms with E-state index in [1.807, 2.05) is 0 Å². The van der Waals surface area contributed by atoms with Gasteiger partial charge >= 0.3 is 0 Å². The van der Waals surface area contributed by atoms with E-state index in [2.05, 4.69) is 19.9 Å². The average molecular weight is 318 g/mol. The first-order chi connectivity index (χ1) is 10.9. The summed E-state index contributed by atoms with van der Waals surface area (Å²) in [6, 6.07) is 0. The third-order valence-electron chi connectivity index (χ3n) is 8.53. The molecule has 128 valence electrons. The van der Waals surface area contributed by atoms with E-state index in [-0.39, 0.29) is 16.7 Å². The maximum Gasteiger partial charge on any atom is 0.133 e. The lowest BCUT2D eigenvalue weighted by Crippen LogP contribution is -2.50. The molecule has 0 spiro atoms. The van der Waals surface area contributed by atoms with Crippen molar-refractivity contribution in [3.63, 3.8) is 0 Å². The minimum absolute atomic E-state index is 0.228. The first kappa shape index (κ1) is 15.8. The molecule has 0 saturated heterocycles. The topological polar surface area (TPSA) is 17.1 Å². The number of ketones is 1. The zero-order valence-corrected chi connectivity index (χ0v) is 14.9. The molecule has 0 heterocycles. The summed E-state index contributed by atoms with van der Waals surface area (Å²) in [7, 11) is 0. The van der Waals surface area contributed by atoms with E-state index in [0.29, 0.717) is 18.1 Å². The summed E-state index contributed by atoms with van der Waals surface area (Å²) in [6.07, 6.45) is 10.1. The van der Waals surface area contributed by atoms with Crippen LogP contribution in [-0.2, 0) is 4.79 Å². The number of carbonyl (C=O) groups is 1. The van der Waals surface area contributed by atoms with Crippen molar-refractivity contribution in [2.75, 3.05) is 0 Å². The van der Waals surface area contributed by atoms with Gasteiger partial charge in [0, 0.05) is 12.3 Å². The Morgan fingerprint density at radius 2 is 1.91 bits per heavy atom. The SMILES string of the molecule is CC(=O)C1CCC2C3CC=C4CC(F)CC[C@]4(C)C3CCC12C. The minimum atomic E-state index is -0.617. The second kappa shape index (κ2) is 5.17. The summed E-state index contributed by atoms with van der Waals surface area (Å²) < 4.78 is 13.9. The summed E-state index contributed by atoms with van der Waals surface area (Å²) in [5, 5.41) is 0.